The molecule has 0 fully saturated rings. The molecule has 1 amide bonds. The Morgan fingerprint density at radius 3 is 2.72 bits per heavy atom. The molecule has 0 radical (unpaired) electrons. The molecule has 0 aliphatic rings. The van der Waals surface area contributed by atoms with E-state index >= 15 is 0 Å². The Bertz CT molecular complexity index is 922. The quantitative estimate of drug-likeness (QED) is 0.414. The minimum Gasteiger partial charge on any atom is -0.493 e. The van der Waals surface area contributed by atoms with Gasteiger partial charge in [0.1, 0.15) is 5.75 Å². The number of nitrogens with one attached hydrogen (secondary N) is 1. The average Bonchev–Trinajstić information content (AvgIpc) is 3.17. The van der Waals surface area contributed by atoms with Gasteiger partial charge in [-0.3, -0.25) is 4.79 Å². The molecule has 0 saturated carbocycles. The number of rotatable bonds is 12. The number of unbranched alkanes of at least 4 members (excludes halogenated alkanes) is 2. The Hall–Kier alpha value is -2.68. The van der Waals surface area contributed by atoms with Crippen LogP contribution in [0.4, 0.5) is 0 Å². The summed E-state index contributed by atoms with van der Waals surface area (Å²) in [4.78, 5) is 12.0. The van der Waals surface area contributed by atoms with E-state index in [0.29, 0.717) is 25.5 Å². The number of hydrogen-bond donors (Lipinski definition) is 1. The van der Waals surface area contributed by atoms with E-state index in [2.05, 4.69) is 15.5 Å². The fourth-order valence-corrected chi connectivity index (χ4v) is 2.90. The number of aromatic nitrogens is 2. The third-order valence-corrected chi connectivity index (χ3v) is 4.73. The summed E-state index contributed by atoms with van der Waals surface area (Å²) in [5.41, 5.74) is 0.865. The molecule has 29 heavy (non-hydrogen) atoms. The van der Waals surface area contributed by atoms with Crippen molar-refractivity contribution in [1.29, 1.82) is 0 Å². The highest BCUT2D eigenvalue weighted by Gasteiger charge is 2.15. The molecule has 0 aliphatic carbocycles. The largest absolute Gasteiger partial charge is 0.493 e. The van der Waals surface area contributed by atoms with Gasteiger partial charge in [0.2, 0.25) is 21.6 Å². The maximum absolute atomic E-state index is 12.0. The maximum atomic E-state index is 12.0. The zero-order chi connectivity index (χ0) is 21.1. The Balaban J connectivity index is 1.66. The van der Waals surface area contributed by atoms with Gasteiger partial charge in [0.25, 0.3) is 0 Å². The molecule has 0 unspecified atom stereocenters. The zero-order valence-corrected chi connectivity index (χ0v) is 17.6. The fraction of sp³-hybridized carbons (Fsp3) is 0.450. The highest BCUT2D eigenvalue weighted by Crippen LogP contribution is 2.19. The fourth-order valence-electron chi connectivity index (χ4n) is 2.46. The average molecular weight is 422 g/mol. The van der Waals surface area contributed by atoms with Gasteiger partial charge in [0, 0.05) is 30.9 Å². The SMILES string of the molecule is CCCOc1ccccc1/C=C/C(=O)NCCCCCc1nnc(S(C)(=O)=O)o1. The van der Waals surface area contributed by atoms with Crippen molar-refractivity contribution in [2.75, 3.05) is 19.4 Å². The Labute approximate surface area is 171 Å². The number of benzene rings is 1. The Morgan fingerprint density at radius 1 is 1.21 bits per heavy atom. The van der Waals surface area contributed by atoms with Crippen molar-refractivity contribution in [1.82, 2.24) is 15.5 Å². The van der Waals surface area contributed by atoms with Crippen molar-refractivity contribution in [3.05, 3.63) is 41.8 Å². The molecule has 1 N–H and O–H groups in total. The number of para-hydroxylation sites is 1. The second-order valence-electron chi connectivity index (χ2n) is 6.56. The van der Waals surface area contributed by atoms with E-state index in [0.717, 1.165) is 43.3 Å². The van der Waals surface area contributed by atoms with Gasteiger partial charge in [-0.2, -0.15) is 0 Å². The second-order valence-corrected chi connectivity index (χ2v) is 8.45. The molecule has 1 aromatic heterocycles. The van der Waals surface area contributed by atoms with Crippen LogP contribution in [0.3, 0.4) is 0 Å². The maximum Gasteiger partial charge on any atom is 0.335 e. The van der Waals surface area contributed by atoms with Gasteiger partial charge in [-0.05, 0) is 31.4 Å². The van der Waals surface area contributed by atoms with Crippen LogP contribution in [-0.4, -0.2) is 43.9 Å². The highest BCUT2D eigenvalue weighted by atomic mass is 32.2. The Morgan fingerprint density at radius 2 is 2.00 bits per heavy atom. The van der Waals surface area contributed by atoms with Crippen LogP contribution in [0.1, 0.15) is 44.1 Å². The standard InChI is InChI=1S/C20H27N3O5S/c1-3-15-27-17-10-7-6-9-16(17)12-13-18(24)21-14-8-4-5-11-19-22-23-20(28-19)29(2,25)26/h6-7,9-10,12-13H,3-5,8,11,14-15H2,1-2H3,(H,21,24)/b13-12+. The summed E-state index contributed by atoms with van der Waals surface area (Å²) in [6.45, 7) is 3.23. The van der Waals surface area contributed by atoms with Crippen molar-refractivity contribution in [3.8, 4) is 5.75 Å². The molecule has 0 saturated heterocycles. The number of nitrogens with zero attached hydrogens (tertiary/aromatic N) is 2. The topological polar surface area (TPSA) is 111 Å². The number of carbonyl (C=O) groups excluding carboxylic acids is 1. The van der Waals surface area contributed by atoms with Crippen LogP contribution in [0.25, 0.3) is 6.08 Å². The first-order valence-corrected chi connectivity index (χ1v) is 11.5. The van der Waals surface area contributed by atoms with Crippen molar-refractivity contribution >= 4 is 21.8 Å². The van der Waals surface area contributed by atoms with Gasteiger partial charge in [0.05, 0.1) is 6.61 Å². The molecule has 1 heterocycles. The van der Waals surface area contributed by atoms with Crippen LogP contribution in [0.15, 0.2) is 40.0 Å². The molecule has 2 aromatic rings. The van der Waals surface area contributed by atoms with Gasteiger partial charge in [0.15, 0.2) is 0 Å². The molecule has 0 bridgehead atoms. The molecular formula is C20H27N3O5S. The van der Waals surface area contributed by atoms with Gasteiger partial charge >= 0.3 is 5.22 Å². The molecule has 0 atom stereocenters. The monoisotopic (exact) mass is 421 g/mol. The smallest absolute Gasteiger partial charge is 0.335 e. The molecule has 0 aliphatic heterocycles. The number of carbonyl (C=O) groups is 1. The van der Waals surface area contributed by atoms with Gasteiger partial charge in [-0.1, -0.05) is 36.6 Å². The van der Waals surface area contributed by atoms with Gasteiger partial charge in [-0.15, -0.1) is 5.10 Å². The zero-order valence-electron chi connectivity index (χ0n) is 16.8. The molecule has 8 nitrogen and oxygen atoms in total. The van der Waals surface area contributed by atoms with Crippen LogP contribution in [-0.2, 0) is 21.1 Å². The van der Waals surface area contributed by atoms with E-state index in [1.165, 1.54) is 6.08 Å². The van der Waals surface area contributed by atoms with E-state index in [9.17, 15) is 13.2 Å². The van der Waals surface area contributed by atoms with Crippen LogP contribution in [0, 0.1) is 0 Å². The van der Waals surface area contributed by atoms with Crippen molar-refractivity contribution in [2.45, 2.75) is 44.3 Å². The number of aryl methyl sites for hydroxylation is 1. The predicted molar refractivity (Wildman–Crippen MR) is 109 cm³/mol. The summed E-state index contributed by atoms with van der Waals surface area (Å²) in [7, 11) is -3.47. The lowest BCUT2D eigenvalue weighted by molar-refractivity contribution is -0.116. The van der Waals surface area contributed by atoms with E-state index in [4.69, 9.17) is 9.15 Å². The summed E-state index contributed by atoms with van der Waals surface area (Å²) >= 11 is 0. The lowest BCUT2D eigenvalue weighted by Crippen LogP contribution is -2.22. The number of hydrogen-bond acceptors (Lipinski definition) is 7. The van der Waals surface area contributed by atoms with Gasteiger partial charge < -0.3 is 14.5 Å². The first kappa shape index (κ1) is 22.6. The molecule has 2 rings (SSSR count). The Kier molecular flexibility index (Phi) is 8.85. The van der Waals surface area contributed by atoms with E-state index in [1.807, 2.05) is 31.2 Å². The lowest BCUT2D eigenvalue weighted by Gasteiger charge is -2.07. The third kappa shape index (κ3) is 8.06. The van der Waals surface area contributed by atoms with Crippen LogP contribution in [0.2, 0.25) is 0 Å². The summed E-state index contributed by atoms with van der Waals surface area (Å²) in [5, 5.41) is 9.73. The molecular weight excluding hydrogens is 394 g/mol. The number of sulfone groups is 1. The minimum absolute atomic E-state index is 0.162. The highest BCUT2D eigenvalue weighted by molar-refractivity contribution is 7.90. The normalized spacial score (nSPS) is 11.7. The van der Waals surface area contributed by atoms with Crippen LogP contribution >= 0.6 is 0 Å². The van der Waals surface area contributed by atoms with Crippen LogP contribution < -0.4 is 10.1 Å². The van der Waals surface area contributed by atoms with Crippen molar-refractivity contribution in [3.63, 3.8) is 0 Å². The number of amides is 1. The second kappa shape index (κ2) is 11.4. The summed E-state index contributed by atoms with van der Waals surface area (Å²) < 4.78 is 33.3. The van der Waals surface area contributed by atoms with Crippen molar-refractivity contribution in [2.24, 2.45) is 0 Å². The third-order valence-electron chi connectivity index (χ3n) is 3.93. The van der Waals surface area contributed by atoms with E-state index in [1.54, 1.807) is 6.08 Å². The summed E-state index contributed by atoms with van der Waals surface area (Å²) in [6.07, 6.45) is 8.10. The summed E-state index contributed by atoms with van der Waals surface area (Å²) in [5.74, 6) is 0.907. The van der Waals surface area contributed by atoms with E-state index < -0.39 is 9.84 Å². The lowest BCUT2D eigenvalue weighted by atomic mass is 10.2. The first-order chi connectivity index (χ1) is 13.9. The molecule has 1 aromatic carbocycles. The van der Waals surface area contributed by atoms with Gasteiger partial charge in [-0.25, -0.2) is 8.42 Å². The summed E-state index contributed by atoms with van der Waals surface area (Å²) in [6, 6.07) is 7.59. The molecule has 158 valence electrons. The van der Waals surface area contributed by atoms with Crippen molar-refractivity contribution < 1.29 is 22.4 Å². The van der Waals surface area contributed by atoms with E-state index in [-0.39, 0.29) is 11.1 Å². The molecule has 9 heteroatoms. The number of ether oxygens (including phenoxy) is 1. The predicted octanol–water partition coefficient (Wildman–Crippen LogP) is 2.80. The van der Waals surface area contributed by atoms with Crippen LogP contribution in [0.5, 0.6) is 5.75 Å². The molecule has 0 spiro atoms. The minimum atomic E-state index is -3.47. The first-order valence-electron chi connectivity index (χ1n) is 9.60.